The maximum Gasteiger partial charge on any atom is 0.256 e. The Morgan fingerprint density at radius 2 is 2.00 bits per heavy atom. The molecule has 0 radical (unpaired) electrons. The fourth-order valence-corrected chi connectivity index (χ4v) is 3.47. The van der Waals surface area contributed by atoms with E-state index in [1.54, 1.807) is 6.20 Å². The number of aromatic nitrogens is 2. The lowest BCUT2D eigenvalue weighted by molar-refractivity contribution is 0.161. The Balaban J connectivity index is 2.11. The molecular weight excluding hydrogens is 312 g/mol. The van der Waals surface area contributed by atoms with Crippen molar-refractivity contribution >= 4 is 16.5 Å². The fraction of sp³-hybridized carbons (Fsp3) is 0.238. The number of H-pyrrole nitrogens is 1. The molecule has 4 heteroatoms. The van der Waals surface area contributed by atoms with E-state index in [1.165, 1.54) is 0 Å². The van der Waals surface area contributed by atoms with Gasteiger partial charge in [0.15, 0.2) is 0 Å². The first kappa shape index (κ1) is 15.8. The maximum atomic E-state index is 13.0. The molecule has 0 unspecified atom stereocenters. The molecule has 1 aromatic carbocycles. The lowest BCUT2D eigenvalue weighted by atomic mass is 9.90. The van der Waals surface area contributed by atoms with E-state index >= 15 is 0 Å². The van der Waals surface area contributed by atoms with Crippen LogP contribution in [0.2, 0.25) is 0 Å². The van der Waals surface area contributed by atoms with Crippen LogP contribution in [0.5, 0.6) is 0 Å². The summed E-state index contributed by atoms with van der Waals surface area (Å²) in [5.74, 6) is 0. The number of pyridine rings is 2. The molecule has 1 N–H and O–H groups in total. The van der Waals surface area contributed by atoms with Gasteiger partial charge < -0.3 is 9.72 Å². The monoisotopic (exact) mass is 332 g/mol. The van der Waals surface area contributed by atoms with Crippen molar-refractivity contribution in [2.75, 3.05) is 13.2 Å². The van der Waals surface area contributed by atoms with Crippen LogP contribution in [0.4, 0.5) is 0 Å². The van der Waals surface area contributed by atoms with Crippen molar-refractivity contribution in [2.24, 2.45) is 0 Å². The molecule has 0 bridgehead atoms. The van der Waals surface area contributed by atoms with Crippen molar-refractivity contribution in [3.63, 3.8) is 0 Å². The fourth-order valence-electron chi connectivity index (χ4n) is 3.47. The van der Waals surface area contributed by atoms with Crippen LogP contribution in [-0.2, 0) is 4.74 Å². The number of aryl methyl sites for hydroxylation is 2. The quantitative estimate of drug-likeness (QED) is 0.771. The summed E-state index contributed by atoms with van der Waals surface area (Å²) in [6, 6.07) is 10.2. The van der Waals surface area contributed by atoms with Crippen molar-refractivity contribution in [1.82, 2.24) is 9.97 Å². The molecule has 126 valence electrons. The number of fused-ring (bicyclic) bond motifs is 1. The van der Waals surface area contributed by atoms with Gasteiger partial charge in [-0.3, -0.25) is 9.78 Å². The van der Waals surface area contributed by atoms with E-state index in [0.717, 1.165) is 50.8 Å². The lowest BCUT2D eigenvalue weighted by Gasteiger charge is -2.18. The second kappa shape index (κ2) is 6.30. The lowest BCUT2D eigenvalue weighted by Crippen LogP contribution is -2.17. The minimum atomic E-state index is -0.0456. The summed E-state index contributed by atoms with van der Waals surface area (Å²) in [5, 5.41) is 1.05. The van der Waals surface area contributed by atoms with Crippen molar-refractivity contribution < 1.29 is 4.74 Å². The Hall–Kier alpha value is -2.72. The molecule has 0 amide bonds. The SMILES string of the molecule is Cc1ccc2c(-c3ccnc(C)c3)c(C3=CCOCC3)c(=O)[nH]c2c1. The first-order chi connectivity index (χ1) is 12.1. The van der Waals surface area contributed by atoms with E-state index in [-0.39, 0.29) is 5.56 Å². The molecule has 1 aliphatic rings. The van der Waals surface area contributed by atoms with Crippen molar-refractivity contribution in [2.45, 2.75) is 20.3 Å². The summed E-state index contributed by atoms with van der Waals surface area (Å²) in [4.78, 5) is 20.3. The zero-order valence-corrected chi connectivity index (χ0v) is 14.4. The van der Waals surface area contributed by atoms with Crippen LogP contribution < -0.4 is 5.56 Å². The van der Waals surface area contributed by atoms with E-state index in [9.17, 15) is 4.79 Å². The highest BCUT2D eigenvalue weighted by atomic mass is 16.5. The summed E-state index contributed by atoms with van der Waals surface area (Å²) in [6.45, 7) is 5.20. The zero-order chi connectivity index (χ0) is 17.4. The summed E-state index contributed by atoms with van der Waals surface area (Å²) in [5.41, 5.74) is 6.70. The Bertz CT molecular complexity index is 1050. The van der Waals surface area contributed by atoms with Gasteiger partial charge in [0, 0.05) is 28.4 Å². The van der Waals surface area contributed by atoms with Gasteiger partial charge in [-0.2, -0.15) is 0 Å². The minimum absolute atomic E-state index is 0.0456. The second-order valence-corrected chi connectivity index (χ2v) is 6.49. The molecule has 4 rings (SSSR count). The highest BCUT2D eigenvalue weighted by Gasteiger charge is 2.19. The first-order valence-electron chi connectivity index (χ1n) is 8.50. The molecule has 3 aromatic rings. The van der Waals surface area contributed by atoms with E-state index in [2.05, 4.69) is 22.1 Å². The average molecular weight is 332 g/mol. The molecule has 0 fully saturated rings. The maximum absolute atomic E-state index is 13.0. The van der Waals surface area contributed by atoms with Gasteiger partial charge in [-0.25, -0.2) is 0 Å². The molecule has 25 heavy (non-hydrogen) atoms. The number of hydrogen-bond donors (Lipinski definition) is 1. The number of nitrogens with zero attached hydrogens (tertiary/aromatic N) is 1. The molecule has 4 nitrogen and oxygen atoms in total. The Morgan fingerprint density at radius 3 is 2.76 bits per heavy atom. The number of hydrogen-bond acceptors (Lipinski definition) is 3. The van der Waals surface area contributed by atoms with Crippen LogP contribution >= 0.6 is 0 Å². The summed E-state index contributed by atoms with van der Waals surface area (Å²) in [7, 11) is 0. The number of ether oxygens (including phenoxy) is 1. The average Bonchev–Trinajstić information content (AvgIpc) is 2.61. The molecule has 0 spiro atoms. The van der Waals surface area contributed by atoms with Gasteiger partial charge in [-0.05, 0) is 55.2 Å². The standard InChI is InChI=1S/C21H20N2O2/c1-13-3-4-17-18(11-13)23-21(24)20(15-6-9-25-10-7-15)19(17)16-5-8-22-14(2)12-16/h3-6,8,11-12H,7,9-10H2,1-2H3,(H,23,24). The van der Waals surface area contributed by atoms with Crippen LogP contribution in [0.3, 0.4) is 0 Å². The molecule has 2 aromatic heterocycles. The van der Waals surface area contributed by atoms with Crippen molar-refractivity contribution in [3.05, 3.63) is 69.8 Å². The number of rotatable bonds is 2. The van der Waals surface area contributed by atoms with Gasteiger partial charge in [-0.15, -0.1) is 0 Å². The van der Waals surface area contributed by atoms with E-state index < -0.39 is 0 Å². The van der Waals surface area contributed by atoms with Gasteiger partial charge in [0.2, 0.25) is 0 Å². The number of nitrogens with one attached hydrogen (secondary N) is 1. The van der Waals surface area contributed by atoms with Crippen LogP contribution in [0.1, 0.15) is 23.2 Å². The number of benzene rings is 1. The summed E-state index contributed by atoms with van der Waals surface area (Å²) < 4.78 is 5.43. The van der Waals surface area contributed by atoms with Crippen LogP contribution in [0.15, 0.2) is 47.4 Å². The summed E-state index contributed by atoms with van der Waals surface area (Å²) >= 11 is 0. The molecule has 1 aliphatic heterocycles. The Morgan fingerprint density at radius 1 is 1.12 bits per heavy atom. The van der Waals surface area contributed by atoms with Crippen LogP contribution in [0, 0.1) is 13.8 Å². The molecular formula is C21H20N2O2. The highest BCUT2D eigenvalue weighted by molar-refractivity contribution is 6.00. The predicted octanol–water partition coefficient (Wildman–Crippen LogP) is 4.01. The minimum Gasteiger partial charge on any atom is -0.377 e. The van der Waals surface area contributed by atoms with E-state index in [0.29, 0.717) is 13.2 Å². The van der Waals surface area contributed by atoms with E-state index in [4.69, 9.17) is 4.74 Å². The van der Waals surface area contributed by atoms with Crippen molar-refractivity contribution in [3.8, 4) is 11.1 Å². The van der Waals surface area contributed by atoms with Crippen molar-refractivity contribution in [1.29, 1.82) is 0 Å². The smallest absolute Gasteiger partial charge is 0.256 e. The third kappa shape index (κ3) is 2.89. The van der Waals surface area contributed by atoms with Crippen LogP contribution in [0.25, 0.3) is 27.6 Å². The summed E-state index contributed by atoms with van der Waals surface area (Å²) in [6.07, 6.45) is 4.57. The largest absolute Gasteiger partial charge is 0.377 e. The van der Waals surface area contributed by atoms with Gasteiger partial charge in [-0.1, -0.05) is 18.2 Å². The third-order valence-corrected chi connectivity index (χ3v) is 4.64. The van der Waals surface area contributed by atoms with Gasteiger partial charge in [0.05, 0.1) is 18.8 Å². The third-order valence-electron chi connectivity index (χ3n) is 4.64. The van der Waals surface area contributed by atoms with Gasteiger partial charge >= 0.3 is 0 Å². The normalized spacial score (nSPS) is 14.6. The molecule has 0 saturated heterocycles. The number of aromatic amines is 1. The Labute approximate surface area is 146 Å². The second-order valence-electron chi connectivity index (χ2n) is 6.49. The first-order valence-corrected chi connectivity index (χ1v) is 8.50. The molecule has 3 heterocycles. The van der Waals surface area contributed by atoms with Gasteiger partial charge in [0.25, 0.3) is 5.56 Å². The van der Waals surface area contributed by atoms with Crippen LogP contribution in [-0.4, -0.2) is 23.2 Å². The zero-order valence-electron chi connectivity index (χ0n) is 14.4. The molecule has 0 saturated carbocycles. The molecule has 0 aliphatic carbocycles. The predicted molar refractivity (Wildman–Crippen MR) is 101 cm³/mol. The van der Waals surface area contributed by atoms with E-state index in [1.807, 2.05) is 38.1 Å². The van der Waals surface area contributed by atoms with Gasteiger partial charge in [0.1, 0.15) is 0 Å². The Kier molecular flexibility index (Phi) is 3.98. The highest BCUT2D eigenvalue weighted by Crippen LogP contribution is 2.35. The topological polar surface area (TPSA) is 55.0 Å². The molecule has 0 atom stereocenters.